The molecule has 0 aliphatic carbocycles. The molecule has 0 amide bonds. The first kappa shape index (κ1) is 15.6. The minimum absolute atomic E-state index is 0.0117. The van der Waals surface area contributed by atoms with E-state index in [4.69, 9.17) is 36.2 Å². The number of halogens is 1. The van der Waals surface area contributed by atoms with Crippen LogP contribution in [0.25, 0.3) is 0 Å². The van der Waals surface area contributed by atoms with Gasteiger partial charge in [-0.1, -0.05) is 11.6 Å². The van der Waals surface area contributed by atoms with Crippen LogP contribution in [0.5, 0.6) is 11.5 Å². The van der Waals surface area contributed by atoms with Crippen molar-refractivity contribution in [3.8, 4) is 17.6 Å². The predicted octanol–water partition coefficient (Wildman–Crippen LogP) is 2.32. The summed E-state index contributed by atoms with van der Waals surface area (Å²) in [5, 5.41) is 18.1. The van der Waals surface area contributed by atoms with Crippen LogP contribution in [0, 0.1) is 11.3 Å². The molecule has 0 saturated heterocycles. The Bertz CT molecular complexity index is 459. The van der Waals surface area contributed by atoms with Crippen LogP contribution in [-0.2, 0) is 4.74 Å². The van der Waals surface area contributed by atoms with Gasteiger partial charge in [-0.2, -0.15) is 5.26 Å². The van der Waals surface area contributed by atoms with E-state index in [0.717, 1.165) is 0 Å². The van der Waals surface area contributed by atoms with E-state index in [1.54, 1.807) is 12.1 Å². The van der Waals surface area contributed by atoms with E-state index in [9.17, 15) is 0 Å². The third-order valence-corrected chi connectivity index (χ3v) is 2.89. The normalized spacial score (nSPS) is 11.7. The molecule has 5 nitrogen and oxygen atoms in total. The van der Waals surface area contributed by atoms with Crippen LogP contribution in [0.2, 0.25) is 5.02 Å². The first-order valence-electron chi connectivity index (χ1n) is 5.72. The summed E-state index contributed by atoms with van der Waals surface area (Å²) in [6.45, 7) is 0.289. The van der Waals surface area contributed by atoms with Gasteiger partial charge < -0.3 is 19.3 Å². The minimum atomic E-state index is -0.807. The molecule has 1 aromatic carbocycles. The SMILES string of the molecule is COc1ccc(C(C#N)OCCCO)c(Cl)c1OC. The third-order valence-electron chi connectivity index (χ3n) is 2.50. The van der Waals surface area contributed by atoms with Crippen LogP contribution in [0.1, 0.15) is 18.1 Å². The Kier molecular flexibility index (Phi) is 6.43. The molecule has 0 heterocycles. The molecule has 0 bridgehead atoms. The Morgan fingerprint density at radius 3 is 2.63 bits per heavy atom. The van der Waals surface area contributed by atoms with Gasteiger partial charge in [-0.05, 0) is 18.6 Å². The van der Waals surface area contributed by atoms with Crippen molar-refractivity contribution >= 4 is 11.6 Å². The molecule has 0 saturated carbocycles. The fraction of sp³-hybridized carbons (Fsp3) is 0.462. The topological polar surface area (TPSA) is 71.7 Å². The van der Waals surface area contributed by atoms with Crippen LogP contribution in [0.3, 0.4) is 0 Å². The number of ether oxygens (including phenoxy) is 3. The average Bonchev–Trinajstić information content (AvgIpc) is 2.44. The first-order valence-corrected chi connectivity index (χ1v) is 6.09. The maximum absolute atomic E-state index is 9.13. The zero-order valence-electron chi connectivity index (χ0n) is 10.9. The fourth-order valence-corrected chi connectivity index (χ4v) is 1.90. The van der Waals surface area contributed by atoms with E-state index in [0.29, 0.717) is 23.5 Å². The number of aliphatic hydroxyl groups excluding tert-OH is 1. The van der Waals surface area contributed by atoms with Crippen LogP contribution < -0.4 is 9.47 Å². The number of rotatable bonds is 7. The predicted molar refractivity (Wildman–Crippen MR) is 70.6 cm³/mol. The van der Waals surface area contributed by atoms with E-state index in [-0.39, 0.29) is 18.2 Å². The van der Waals surface area contributed by atoms with Crippen molar-refractivity contribution in [2.24, 2.45) is 0 Å². The monoisotopic (exact) mass is 285 g/mol. The van der Waals surface area contributed by atoms with Crippen molar-refractivity contribution in [2.45, 2.75) is 12.5 Å². The van der Waals surface area contributed by atoms with Crippen molar-refractivity contribution < 1.29 is 19.3 Å². The Morgan fingerprint density at radius 2 is 2.11 bits per heavy atom. The molecule has 0 spiro atoms. The summed E-state index contributed by atoms with van der Waals surface area (Å²) in [6, 6.07) is 5.35. The highest BCUT2D eigenvalue weighted by molar-refractivity contribution is 6.33. The quantitative estimate of drug-likeness (QED) is 0.779. The molecule has 1 aromatic rings. The van der Waals surface area contributed by atoms with E-state index in [1.165, 1.54) is 14.2 Å². The Labute approximate surface area is 117 Å². The number of nitriles is 1. The smallest absolute Gasteiger partial charge is 0.179 e. The summed E-state index contributed by atoms with van der Waals surface area (Å²) in [6.07, 6.45) is -0.345. The zero-order chi connectivity index (χ0) is 14.3. The van der Waals surface area contributed by atoms with Crippen LogP contribution in [0.15, 0.2) is 12.1 Å². The van der Waals surface area contributed by atoms with E-state index in [1.807, 2.05) is 6.07 Å². The Morgan fingerprint density at radius 1 is 1.37 bits per heavy atom. The van der Waals surface area contributed by atoms with Gasteiger partial charge in [-0.25, -0.2) is 0 Å². The van der Waals surface area contributed by atoms with Crippen molar-refractivity contribution in [3.63, 3.8) is 0 Å². The average molecular weight is 286 g/mol. The number of aliphatic hydroxyl groups is 1. The lowest BCUT2D eigenvalue weighted by Gasteiger charge is -2.16. The first-order chi connectivity index (χ1) is 9.19. The second kappa shape index (κ2) is 7.85. The van der Waals surface area contributed by atoms with Crippen molar-refractivity contribution in [1.29, 1.82) is 5.26 Å². The number of nitrogens with zero attached hydrogens (tertiary/aromatic N) is 1. The summed E-state index contributed by atoms with van der Waals surface area (Å²) in [4.78, 5) is 0. The van der Waals surface area contributed by atoms with Gasteiger partial charge in [0, 0.05) is 12.2 Å². The van der Waals surface area contributed by atoms with Crippen LogP contribution in [-0.4, -0.2) is 32.5 Å². The van der Waals surface area contributed by atoms with Crippen LogP contribution in [0.4, 0.5) is 0 Å². The molecule has 1 atom stereocenters. The number of benzene rings is 1. The molecule has 104 valence electrons. The van der Waals surface area contributed by atoms with Gasteiger partial charge in [0.1, 0.15) is 0 Å². The molecular formula is C13H16ClNO4. The molecule has 0 aliphatic rings. The minimum Gasteiger partial charge on any atom is -0.493 e. The van der Waals surface area contributed by atoms with Gasteiger partial charge in [0.15, 0.2) is 17.6 Å². The van der Waals surface area contributed by atoms with Gasteiger partial charge in [0.25, 0.3) is 0 Å². The molecule has 0 radical (unpaired) electrons. The number of hydrogen-bond donors (Lipinski definition) is 1. The summed E-state index contributed by atoms with van der Waals surface area (Å²) in [7, 11) is 2.98. The van der Waals surface area contributed by atoms with Gasteiger partial charge in [-0.15, -0.1) is 0 Å². The van der Waals surface area contributed by atoms with Gasteiger partial charge in [0.05, 0.1) is 31.9 Å². The van der Waals surface area contributed by atoms with E-state index < -0.39 is 6.10 Å². The number of hydrogen-bond acceptors (Lipinski definition) is 5. The molecule has 19 heavy (non-hydrogen) atoms. The molecule has 1 rings (SSSR count). The van der Waals surface area contributed by atoms with Gasteiger partial charge in [0.2, 0.25) is 0 Å². The molecule has 0 aromatic heterocycles. The van der Waals surface area contributed by atoms with E-state index in [2.05, 4.69) is 0 Å². The fourth-order valence-electron chi connectivity index (χ4n) is 1.57. The molecule has 1 unspecified atom stereocenters. The largest absolute Gasteiger partial charge is 0.493 e. The standard InChI is InChI=1S/C13H16ClNO4/c1-17-10-5-4-9(12(14)13(10)18-2)11(8-15)19-7-3-6-16/h4-5,11,16H,3,6-7H2,1-2H3. The highest BCUT2D eigenvalue weighted by Crippen LogP contribution is 2.40. The second-order valence-electron chi connectivity index (χ2n) is 3.66. The third kappa shape index (κ3) is 3.74. The summed E-state index contributed by atoms with van der Waals surface area (Å²) < 4.78 is 15.7. The summed E-state index contributed by atoms with van der Waals surface area (Å²) in [5.41, 5.74) is 0.514. The lowest BCUT2D eigenvalue weighted by atomic mass is 10.1. The highest BCUT2D eigenvalue weighted by Gasteiger charge is 2.20. The highest BCUT2D eigenvalue weighted by atomic mass is 35.5. The molecular weight excluding hydrogens is 270 g/mol. The Hall–Kier alpha value is -1.48. The summed E-state index contributed by atoms with van der Waals surface area (Å²) in [5.74, 6) is 0.857. The lowest BCUT2D eigenvalue weighted by molar-refractivity contribution is 0.0773. The molecule has 0 fully saturated rings. The van der Waals surface area contributed by atoms with Crippen molar-refractivity contribution in [2.75, 3.05) is 27.4 Å². The van der Waals surface area contributed by atoms with E-state index >= 15 is 0 Å². The lowest BCUT2D eigenvalue weighted by Crippen LogP contribution is -2.06. The zero-order valence-corrected chi connectivity index (χ0v) is 11.6. The Balaban J connectivity index is 3.02. The summed E-state index contributed by atoms with van der Waals surface area (Å²) >= 11 is 6.19. The molecule has 6 heteroatoms. The van der Waals surface area contributed by atoms with Gasteiger partial charge >= 0.3 is 0 Å². The number of methoxy groups -OCH3 is 2. The van der Waals surface area contributed by atoms with Crippen molar-refractivity contribution in [3.05, 3.63) is 22.7 Å². The molecule has 1 N–H and O–H groups in total. The maximum atomic E-state index is 9.13. The van der Waals surface area contributed by atoms with Gasteiger partial charge in [-0.3, -0.25) is 0 Å². The van der Waals surface area contributed by atoms with Crippen LogP contribution >= 0.6 is 11.6 Å². The molecule has 0 aliphatic heterocycles. The van der Waals surface area contributed by atoms with Crippen molar-refractivity contribution in [1.82, 2.24) is 0 Å². The maximum Gasteiger partial charge on any atom is 0.179 e. The second-order valence-corrected chi connectivity index (χ2v) is 4.04.